The van der Waals surface area contributed by atoms with Crippen molar-refractivity contribution < 1.29 is 64.7 Å². The van der Waals surface area contributed by atoms with Crippen molar-refractivity contribution in [3.05, 3.63) is 29.3 Å². The predicted molar refractivity (Wildman–Crippen MR) is 136 cm³/mol. The van der Waals surface area contributed by atoms with Crippen molar-refractivity contribution in [3.8, 4) is 17.2 Å². The Kier molecular flexibility index (Phi) is 8.65. The minimum atomic E-state index is -2.29. The van der Waals surface area contributed by atoms with Gasteiger partial charge in [-0.05, 0) is 32.1 Å². The molecule has 1 aromatic rings. The highest BCUT2D eigenvalue weighted by Gasteiger charge is 2.71. The van der Waals surface area contributed by atoms with Crippen LogP contribution in [0.15, 0.2) is 23.8 Å². The van der Waals surface area contributed by atoms with Gasteiger partial charge < -0.3 is 55.1 Å². The molecule has 13 heteroatoms. The quantitative estimate of drug-likeness (QED) is 0.121. The maximum absolute atomic E-state index is 13.1. The number of ketones is 1. The Balaban J connectivity index is 1.83. The molecule has 224 valence electrons. The standard InChI is InChI=1S/C27H38O13/c1-11(2)7-16(30)27(37)23(36)25(3,4)24(26(27,5)6)40-22-20(34)19(33)18(32)15(39-22)10-38-21(35)12-8-13(28)17(31)14(29)9-12/h7-9,15,18-20,22-24,28-29,31-34,36-37H,10H2,1-6H3/t15-,18-,19+,20-,22+,23-,24-,27+/m1/s1. The van der Waals surface area contributed by atoms with E-state index in [0.717, 1.165) is 12.1 Å². The molecule has 8 N–H and O–H groups in total. The van der Waals surface area contributed by atoms with E-state index in [-0.39, 0.29) is 5.56 Å². The van der Waals surface area contributed by atoms with Gasteiger partial charge in [0.25, 0.3) is 0 Å². The molecule has 0 aromatic heterocycles. The zero-order valence-corrected chi connectivity index (χ0v) is 23.1. The third-order valence-electron chi connectivity index (χ3n) is 7.83. The van der Waals surface area contributed by atoms with E-state index >= 15 is 0 Å². The van der Waals surface area contributed by atoms with Gasteiger partial charge in [-0.25, -0.2) is 4.79 Å². The molecule has 1 aromatic carbocycles. The Morgan fingerprint density at radius 1 is 0.950 bits per heavy atom. The van der Waals surface area contributed by atoms with Crippen molar-refractivity contribution in [2.75, 3.05) is 6.61 Å². The highest BCUT2D eigenvalue weighted by atomic mass is 16.7. The van der Waals surface area contributed by atoms with Crippen molar-refractivity contribution in [1.29, 1.82) is 0 Å². The van der Waals surface area contributed by atoms with Crippen LogP contribution >= 0.6 is 0 Å². The first-order valence-electron chi connectivity index (χ1n) is 12.6. The summed E-state index contributed by atoms with van der Waals surface area (Å²) in [5.74, 6) is -4.21. The van der Waals surface area contributed by atoms with Crippen molar-refractivity contribution in [2.45, 2.75) is 90.1 Å². The highest BCUT2D eigenvalue weighted by molar-refractivity contribution is 5.99. The number of phenolic OH excluding ortho intramolecular Hbond substituents is 3. The van der Waals surface area contributed by atoms with Gasteiger partial charge >= 0.3 is 5.97 Å². The van der Waals surface area contributed by atoms with Gasteiger partial charge in [0, 0.05) is 10.8 Å². The second kappa shape index (κ2) is 10.9. The minimum Gasteiger partial charge on any atom is -0.504 e. The number of phenols is 3. The van der Waals surface area contributed by atoms with E-state index in [1.807, 2.05) is 0 Å². The number of aliphatic hydroxyl groups is 5. The number of hydrogen-bond acceptors (Lipinski definition) is 13. The Bertz CT molecular complexity index is 1150. The molecule has 0 spiro atoms. The summed E-state index contributed by atoms with van der Waals surface area (Å²) in [5.41, 5.74) is -4.75. The van der Waals surface area contributed by atoms with Crippen molar-refractivity contribution in [1.82, 2.24) is 0 Å². The van der Waals surface area contributed by atoms with Gasteiger partial charge in [-0.2, -0.15) is 0 Å². The number of allylic oxidation sites excluding steroid dienone is 1. The number of aromatic hydroxyl groups is 3. The van der Waals surface area contributed by atoms with Gasteiger partial charge in [0.2, 0.25) is 0 Å². The van der Waals surface area contributed by atoms with Crippen LogP contribution in [0.2, 0.25) is 0 Å². The summed E-state index contributed by atoms with van der Waals surface area (Å²) >= 11 is 0. The Labute approximate surface area is 230 Å². The first-order valence-corrected chi connectivity index (χ1v) is 12.6. The molecule has 1 saturated carbocycles. The smallest absolute Gasteiger partial charge is 0.338 e. The molecular weight excluding hydrogens is 532 g/mol. The molecule has 2 aliphatic rings. The molecular formula is C27H38O13. The lowest BCUT2D eigenvalue weighted by molar-refractivity contribution is -0.325. The Morgan fingerprint density at radius 3 is 2.02 bits per heavy atom. The molecule has 1 aliphatic heterocycles. The van der Waals surface area contributed by atoms with Crippen LogP contribution in [0.3, 0.4) is 0 Å². The van der Waals surface area contributed by atoms with E-state index < -0.39 is 95.0 Å². The van der Waals surface area contributed by atoms with Gasteiger partial charge in [0.05, 0.1) is 17.8 Å². The van der Waals surface area contributed by atoms with Crippen molar-refractivity contribution >= 4 is 11.8 Å². The summed E-state index contributed by atoms with van der Waals surface area (Å²) in [4.78, 5) is 25.5. The molecule has 13 nitrogen and oxygen atoms in total. The molecule has 0 bridgehead atoms. The van der Waals surface area contributed by atoms with Gasteiger partial charge in [0.15, 0.2) is 34.9 Å². The molecule has 1 saturated heterocycles. The minimum absolute atomic E-state index is 0.338. The van der Waals surface area contributed by atoms with Gasteiger partial charge in [-0.15, -0.1) is 0 Å². The third kappa shape index (κ3) is 5.18. The van der Waals surface area contributed by atoms with Crippen LogP contribution in [0, 0.1) is 10.8 Å². The lowest BCUT2D eigenvalue weighted by atomic mass is 9.72. The lowest BCUT2D eigenvalue weighted by Gasteiger charge is -2.45. The van der Waals surface area contributed by atoms with Crippen molar-refractivity contribution in [2.24, 2.45) is 10.8 Å². The number of esters is 1. The van der Waals surface area contributed by atoms with E-state index in [4.69, 9.17) is 14.2 Å². The fourth-order valence-electron chi connectivity index (χ4n) is 5.60. The topological polar surface area (TPSA) is 224 Å². The molecule has 3 rings (SSSR count). The number of aliphatic hydroxyl groups excluding tert-OH is 4. The SMILES string of the molecule is CC(C)=CC(=O)[C@]1(O)[C@H](O)C(C)(C)[C@@H](O[C@@H]2O[C@H](COC(=O)c3cc(O)c(O)c(O)c3)[C@@H](O)[C@H](O)[C@H]2O)C1(C)C. The molecule has 40 heavy (non-hydrogen) atoms. The lowest BCUT2D eigenvalue weighted by Crippen LogP contribution is -2.61. The first kappa shape index (κ1) is 31.7. The van der Waals surface area contributed by atoms with E-state index in [0.29, 0.717) is 5.57 Å². The maximum atomic E-state index is 13.1. The zero-order chi connectivity index (χ0) is 30.5. The summed E-state index contributed by atoms with van der Waals surface area (Å²) in [7, 11) is 0. The molecule has 0 radical (unpaired) electrons. The van der Waals surface area contributed by atoms with Crippen LogP contribution in [0.1, 0.15) is 51.9 Å². The highest BCUT2D eigenvalue weighted by Crippen LogP contribution is 2.57. The average Bonchev–Trinajstić information content (AvgIpc) is 2.96. The molecule has 1 heterocycles. The Hall–Kier alpha value is -2.78. The van der Waals surface area contributed by atoms with Crippen LogP contribution in [0.25, 0.3) is 0 Å². The second-order valence-electron chi connectivity index (χ2n) is 11.8. The van der Waals surface area contributed by atoms with Gasteiger partial charge in [-0.3, -0.25) is 4.79 Å². The number of carbonyl (C=O) groups is 2. The third-order valence-corrected chi connectivity index (χ3v) is 7.83. The number of rotatable bonds is 7. The summed E-state index contributed by atoms with van der Waals surface area (Å²) < 4.78 is 16.8. The number of benzene rings is 1. The van der Waals surface area contributed by atoms with Gasteiger partial charge in [0.1, 0.15) is 31.0 Å². The molecule has 1 aliphatic carbocycles. The van der Waals surface area contributed by atoms with Gasteiger partial charge in [-0.1, -0.05) is 33.3 Å². The number of hydrogen-bond donors (Lipinski definition) is 8. The second-order valence-corrected chi connectivity index (χ2v) is 11.8. The fraction of sp³-hybridized carbons (Fsp3) is 0.630. The molecule has 2 fully saturated rings. The summed E-state index contributed by atoms with van der Waals surface area (Å²) in [5, 5.41) is 83.0. The van der Waals surface area contributed by atoms with Crippen LogP contribution in [-0.2, 0) is 19.0 Å². The first-order chi connectivity index (χ1) is 18.3. The number of ether oxygens (including phenoxy) is 3. The van der Waals surface area contributed by atoms with Crippen LogP contribution in [0.5, 0.6) is 17.2 Å². The van der Waals surface area contributed by atoms with E-state index in [1.54, 1.807) is 27.7 Å². The molecule has 0 unspecified atom stereocenters. The monoisotopic (exact) mass is 570 g/mol. The van der Waals surface area contributed by atoms with E-state index in [9.17, 15) is 50.4 Å². The van der Waals surface area contributed by atoms with Crippen LogP contribution in [-0.4, -0.2) is 108 Å². The van der Waals surface area contributed by atoms with Crippen LogP contribution < -0.4 is 0 Å². The summed E-state index contributed by atoms with van der Waals surface area (Å²) in [6, 6.07) is 1.68. The molecule has 8 atom stereocenters. The number of carbonyl (C=O) groups excluding carboxylic acids is 2. The normalized spacial score (nSPS) is 34.7. The summed E-state index contributed by atoms with van der Waals surface area (Å²) in [6.07, 6.45) is -9.98. The van der Waals surface area contributed by atoms with E-state index in [1.165, 1.54) is 19.9 Å². The van der Waals surface area contributed by atoms with Crippen LogP contribution in [0.4, 0.5) is 0 Å². The Morgan fingerprint density at radius 2 is 1.50 bits per heavy atom. The van der Waals surface area contributed by atoms with E-state index in [2.05, 4.69) is 0 Å². The zero-order valence-electron chi connectivity index (χ0n) is 23.1. The largest absolute Gasteiger partial charge is 0.504 e. The average molecular weight is 571 g/mol. The van der Waals surface area contributed by atoms with Crippen molar-refractivity contribution in [3.63, 3.8) is 0 Å². The summed E-state index contributed by atoms with van der Waals surface area (Å²) in [6.45, 7) is 8.78. The predicted octanol–water partition coefficient (Wildman–Crippen LogP) is -0.154. The maximum Gasteiger partial charge on any atom is 0.338 e. The molecule has 0 amide bonds. The fourth-order valence-corrected chi connectivity index (χ4v) is 5.60.